The Hall–Kier alpha value is -5.28. The van der Waals surface area contributed by atoms with Gasteiger partial charge < -0.3 is 0 Å². The summed E-state index contributed by atoms with van der Waals surface area (Å²) in [6, 6.07) is 40.5. The quantitative estimate of drug-likeness (QED) is 0.216. The van der Waals surface area contributed by atoms with Crippen molar-refractivity contribution >= 4 is 16.6 Å². The minimum atomic E-state index is -0.582. The molecule has 4 aromatic carbocycles. The van der Waals surface area contributed by atoms with Crippen molar-refractivity contribution in [1.29, 1.82) is 0 Å². The highest BCUT2D eigenvalue weighted by Crippen LogP contribution is 2.55. The summed E-state index contributed by atoms with van der Waals surface area (Å²) in [6.45, 7) is 6.41. The number of hydrogen-bond donors (Lipinski definition) is 0. The average molecular weight is 528 g/mol. The second-order valence-corrected chi connectivity index (χ2v) is 10.2. The topological polar surface area (TPSA) is 30.7 Å². The molecule has 0 radical (unpaired) electrons. The Morgan fingerprint density at radius 3 is 2.24 bits per heavy atom. The maximum atomic E-state index is 5.18. The molecule has 41 heavy (non-hydrogen) atoms. The fraction of sp³-hybridized carbons (Fsp3) is 0.0526. The van der Waals surface area contributed by atoms with Gasteiger partial charge in [0.25, 0.3) is 0 Å². The molecule has 1 aliphatic carbocycles. The van der Waals surface area contributed by atoms with Crippen LogP contribution in [0, 0.1) is 0 Å². The first-order chi connectivity index (χ1) is 20.3. The lowest BCUT2D eigenvalue weighted by molar-refractivity contribution is 0.756. The number of allylic oxidation sites excluding steroid dienone is 5. The van der Waals surface area contributed by atoms with E-state index in [0.29, 0.717) is 0 Å². The highest BCUT2D eigenvalue weighted by Gasteiger charge is 2.46. The standard InChI is InChI=1S/C38H29N3/c1-3-14-31-32-23-22-27(37-40-35-20-11-12-21-36(35)41(37)30-18-9-6-10-19-30)25-34(32)38(33(31)4-2,28-15-7-5-8-16-28)29-17-13-24-39-26-29/h3-26H,2H2,1H3/b14-3-. The maximum Gasteiger partial charge on any atom is 0.145 e. The summed E-state index contributed by atoms with van der Waals surface area (Å²) in [5.41, 5.74) is 10.6. The first-order valence-electron chi connectivity index (χ1n) is 13.9. The third-order valence-corrected chi connectivity index (χ3v) is 8.08. The minimum Gasteiger partial charge on any atom is -0.292 e. The Morgan fingerprint density at radius 2 is 1.51 bits per heavy atom. The molecule has 0 N–H and O–H groups in total. The van der Waals surface area contributed by atoms with Crippen molar-refractivity contribution in [3.8, 4) is 17.1 Å². The molecule has 2 heterocycles. The van der Waals surface area contributed by atoms with Gasteiger partial charge in [-0.25, -0.2) is 4.98 Å². The van der Waals surface area contributed by atoms with E-state index in [-0.39, 0.29) is 0 Å². The molecular formula is C38H29N3. The summed E-state index contributed by atoms with van der Waals surface area (Å²) in [5.74, 6) is 0.910. The van der Waals surface area contributed by atoms with E-state index in [0.717, 1.165) is 39.2 Å². The molecule has 3 heteroatoms. The van der Waals surface area contributed by atoms with Crippen molar-refractivity contribution in [1.82, 2.24) is 14.5 Å². The van der Waals surface area contributed by atoms with E-state index in [1.807, 2.05) is 36.7 Å². The number of hydrogen-bond acceptors (Lipinski definition) is 2. The Morgan fingerprint density at radius 1 is 0.780 bits per heavy atom. The Balaban J connectivity index is 1.58. The third kappa shape index (κ3) is 3.74. The molecule has 0 amide bonds. The lowest BCUT2D eigenvalue weighted by atomic mass is 9.67. The fourth-order valence-electron chi connectivity index (χ4n) is 6.45. The molecule has 1 unspecified atom stereocenters. The molecular weight excluding hydrogens is 498 g/mol. The van der Waals surface area contributed by atoms with Gasteiger partial charge in [-0.1, -0.05) is 104 Å². The molecule has 1 aliphatic rings. The molecule has 196 valence electrons. The van der Waals surface area contributed by atoms with Crippen LogP contribution in [-0.2, 0) is 5.41 Å². The lowest BCUT2D eigenvalue weighted by Gasteiger charge is -2.34. The highest BCUT2D eigenvalue weighted by atomic mass is 15.1. The zero-order chi connectivity index (χ0) is 27.8. The largest absolute Gasteiger partial charge is 0.292 e. The van der Waals surface area contributed by atoms with Gasteiger partial charge in [-0.15, -0.1) is 0 Å². The molecule has 0 saturated carbocycles. The first-order valence-corrected chi connectivity index (χ1v) is 13.9. The molecule has 6 aromatic rings. The second kappa shape index (κ2) is 10.0. The molecule has 7 rings (SSSR count). The van der Waals surface area contributed by atoms with Crippen LogP contribution in [-0.4, -0.2) is 14.5 Å². The van der Waals surface area contributed by atoms with E-state index in [9.17, 15) is 0 Å². The predicted octanol–water partition coefficient (Wildman–Crippen LogP) is 8.95. The van der Waals surface area contributed by atoms with Gasteiger partial charge in [0.05, 0.1) is 16.4 Å². The number of aromatic nitrogens is 3. The van der Waals surface area contributed by atoms with E-state index < -0.39 is 5.41 Å². The van der Waals surface area contributed by atoms with Crippen molar-refractivity contribution in [2.45, 2.75) is 12.3 Å². The van der Waals surface area contributed by atoms with Crippen molar-refractivity contribution in [3.63, 3.8) is 0 Å². The predicted molar refractivity (Wildman–Crippen MR) is 169 cm³/mol. The number of benzene rings is 4. The zero-order valence-electron chi connectivity index (χ0n) is 22.9. The number of fused-ring (bicyclic) bond motifs is 2. The van der Waals surface area contributed by atoms with Crippen LogP contribution in [0.1, 0.15) is 29.2 Å². The van der Waals surface area contributed by atoms with E-state index in [4.69, 9.17) is 4.98 Å². The number of rotatable bonds is 6. The van der Waals surface area contributed by atoms with E-state index in [1.165, 1.54) is 22.3 Å². The number of nitrogens with zero attached hydrogens (tertiary/aromatic N) is 3. The summed E-state index contributed by atoms with van der Waals surface area (Å²) < 4.78 is 2.26. The fourth-order valence-corrected chi connectivity index (χ4v) is 6.45. The smallest absolute Gasteiger partial charge is 0.145 e. The lowest BCUT2D eigenvalue weighted by Crippen LogP contribution is -2.29. The van der Waals surface area contributed by atoms with Gasteiger partial charge in [-0.05, 0) is 76.7 Å². The highest BCUT2D eigenvalue weighted by molar-refractivity contribution is 5.93. The van der Waals surface area contributed by atoms with Crippen molar-refractivity contribution < 1.29 is 0 Å². The Labute approximate surface area is 240 Å². The van der Waals surface area contributed by atoms with Gasteiger partial charge >= 0.3 is 0 Å². The molecule has 2 aromatic heterocycles. The van der Waals surface area contributed by atoms with Gasteiger partial charge in [-0.2, -0.15) is 0 Å². The van der Waals surface area contributed by atoms with Crippen LogP contribution in [0.5, 0.6) is 0 Å². The van der Waals surface area contributed by atoms with Crippen LogP contribution >= 0.6 is 0 Å². The molecule has 1 atom stereocenters. The maximum absolute atomic E-state index is 5.18. The van der Waals surface area contributed by atoms with Crippen LogP contribution in [0.4, 0.5) is 0 Å². The molecule has 0 aliphatic heterocycles. The second-order valence-electron chi connectivity index (χ2n) is 10.2. The number of pyridine rings is 1. The first kappa shape index (κ1) is 24.7. The third-order valence-electron chi connectivity index (χ3n) is 8.08. The van der Waals surface area contributed by atoms with Crippen LogP contribution in [0.25, 0.3) is 33.7 Å². The monoisotopic (exact) mass is 527 g/mol. The van der Waals surface area contributed by atoms with Crippen LogP contribution < -0.4 is 0 Å². The van der Waals surface area contributed by atoms with Crippen LogP contribution in [0.15, 0.2) is 158 Å². The molecule has 0 spiro atoms. The minimum absolute atomic E-state index is 0.582. The summed E-state index contributed by atoms with van der Waals surface area (Å²) >= 11 is 0. The van der Waals surface area contributed by atoms with E-state index in [1.54, 1.807) is 0 Å². The van der Waals surface area contributed by atoms with Gasteiger partial charge in [0.1, 0.15) is 5.82 Å². The van der Waals surface area contributed by atoms with Gasteiger partial charge in [0.15, 0.2) is 0 Å². The normalized spacial score (nSPS) is 16.4. The zero-order valence-corrected chi connectivity index (χ0v) is 22.9. The van der Waals surface area contributed by atoms with Crippen molar-refractivity contribution in [2.75, 3.05) is 0 Å². The molecule has 0 bridgehead atoms. The number of imidazole rings is 1. The van der Waals surface area contributed by atoms with Crippen molar-refractivity contribution in [2.24, 2.45) is 0 Å². The van der Waals surface area contributed by atoms with Crippen LogP contribution in [0.2, 0.25) is 0 Å². The SMILES string of the molecule is C=CC1=C(/C=C\C)c2ccc(-c3nc4ccccc4n3-c3ccccc3)cc2C1(c1ccccc1)c1cccnc1. The summed E-state index contributed by atoms with van der Waals surface area (Å²) in [6.07, 6.45) is 10.2. The van der Waals surface area contributed by atoms with Gasteiger partial charge in [0, 0.05) is 23.6 Å². The van der Waals surface area contributed by atoms with E-state index in [2.05, 4.69) is 132 Å². The van der Waals surface area contributed by atoms with Crippen LogP contribution in [0.3, 0.4) is 0 Å². The summed E-state index contributed by atoms with van der Waals surface area (Å²) in [5, 5.41) is 0. The van der Waals surface area contributed by atoms with Gasteiger partial charge in [0.2, 0.25) is 0 Å². The molecule has 0 saturated heterocycles. The molecule has 0 fully saturated rings. The van der Waals surface area contributed by atoms with E-state index >= 15 is 0 Å². The number of para-hydroxylation sites is 3. The Kier molecular flexibility index (Phi) is 6.06. The summed E-state index contributed by atoms with van der Waals surface area (Å²) in [7, 11) is 0. The average Bonchev–Trinajstić information content (AvgIpc) is 3.56. The van der Waals surface area contributed by atoms with Gasteiger partial charge in [-0.3, -0.25) is 9.55 Å². The summed E-state index contributed by atoms with van der Waals surface area (Å²) in [4.78, 5) is 9.76. The molecule has 3 nitrogen and oxygen atoms in total. The van der Waals surface area contributed by atoms with Crippen molar-refractivity contribution in [3.05, 3.63) is 180 Å². The Bertz CT molecular complexity index is 1910.